The van der Waals surface area contributed by atoms with E-state index < -0.39 is 11.8 Å². The second-order valence-electron chi connectivity index (χ2n) is 4.95. The maximum absolute atomic E-state index is 11.7. The van der Waals surface area contributed by atoms with Crippen LogP contribution in [0.4, 0.5) is 0 Å². The number of halogens is 1. The molecule has 0 saturated heterocycles. The summed E-state index contributed by atoms with van der Waals surface area (Å²) < 4.78 is 5.27. The highest BCUT2D eigenvalue weighted by Crippen LogP contribution is 2.22. The van der Waals surface area contributed by atoms with Crippen molar-refractivity contribution in [3.05, 3.63) is 71.3 Å². The van der Waals surface area contributed by atoms with Gasteiger partial charge in [0.25, 0.3) is 5.91 Å². The molecule has 0 aliphatic carbocycles. The van der Waals surface area contributed by atoms with Crippen LogP contribution in [-0.4, -0.2) is 23.5 Å². The zero-order valence-electron chi connectivity index (χ0n) is 13.6. The molecule has 0 fully saturated rings. The van der Waals surface area contributed by atoms with Gasteiger partial charge in [-0.25, -0.2) is 0 Å². The third kappa shape index (κ3) is 6.92. The molecule has 2 rings (SSSR count). The number of nitrogens with one attached hydrogen (secondary N) is 3. The Bertz CT molecular complexity index is 812. The van der Waals surface area contributed by atoms with Gasteiger partial charge in [0, 0.05) is 6.08 Å². The molecule has 26 heavy (non-hydrogen) atoms. The van der Waals surface area contributed by atoms with Crippen LogP contribution in [0, 0.1) is 0 Å². The predicted octanol–water partition coefficient (Wildman–Crippen LogP) is 2.45. The van der Waals surface area contributed by atoms with Crippen LogP contribution in [0.15, 0.2) is 60.7 Å². The average Bonchev–Trinajstić information content (AvgIpc) is 2.65. The van der Waals surface area contributed by atoms with Gasteiger partial charge in [0.15, 0.2) is 11.7 Å². The second-order valence-corrected chi connectivity index (χ2v) is 5.77. The highest BCUT2D eigenvalue weighted by atomic mass is 35.5. The fraction of sp³-hybridized carbons (Fsp3) is 0.0556. The molecule has 3 N–H and O–H groups in total. The third-order valence-corrected chi connectivity index (χ3v) is 3.49. The highest BCUT2D eigenvalue weighted by molar-refractivity contribution is 7.80. The minimum atomic E-state index is -0.485. The molecule has 0 unspecified atom stereocenters. The molecule has 134 valence electrons. The number of hydrazine groups is 1. The van der Waals surface area contributed by atoms with Crippen molar-refractivity contribution in [1.82, 2.24) is 16.2 Å². The van der Waals surface area contributed by atoms with Gasteiger partial charge in [-0.1, -0.05) is 54.1 Å². The SMILES string of the molecule is O=C(C=Cc1ccccc1)NC(=S)NNC(=O)COc1ccccc1Cl. The first-order chi connectivity index (χ1) is 12.5. The van der Waals surface area contributed by atoms with Crippen molar-refractivity contribution in [2.24, 2.45) is 0 Å². The lowest BCUT2D eigenvalue weighted by Gasteiger charge is -2.11. The lowest BCUT2D eigenvalue weighted by molar-refractivity contribution is -0.123. The topological polar surface area (TPSA) is 79.5 Å². The van der Waals surface area contributed by atoms with E-state index in [0.717, 1.165) is 5.56 Å². The van der Waals surface area contributed by atoms with Crippen LogP contribution < -0.4 is 20.9 Å². The summed E-state index contributed by atoms with van der Waals surface area (Å²) in [6.45, 7) is -0.263. The van der Waals surface area contributed by atoms with Crippen molar-refractivity contribution in [2.45, 2.75) is 0 Å². The summed E-state index contributed by atoms with van der Waals surface area (Å²) >= 11 is 10.8. The van der Waals surface area contributed by atoms with Crippen molar-refractivity contribution < 1.29 is 14.3 Å². The van der Waals surface area contributed by atoms with Gasteiger partial charge in [0.05, 0.1) is 5.02 Å². The molecule has 0 aliphatic heterocycles. The standard InChI is InChI=1S/C18H16ClN3O3S/c19-14-8-4-5-9-15(14)25-12-17(24)21-22-18(26)20-16(23)11-10-13-6-2-1-3-7-13/h1-11H,12H2,(H,21,24)(H2,20,22,23,26). The Morgan fingerprint density at radius 2 is 1.73 bits per heavy atom. The number of hydrogen-bond donors (Lipinski definition) is 3. The van der Waals surface area contributed by atoms with E-state index in [2.05, 4.69) is 16.2 Å². The smallest absolute Gasteiger partial charge is 0.276 e. The predicted molar refractivity (Wildman–Crippen MR) is 104 cm³/mol. The molecule has 0 atom stereocenters. The van der Waals surface area contributed by atoms with Gasteiger partial charge in [-0.3, -0.25) is 25.8 Å². The van der Waals surface area contributed by atoms with Crippen molar-refractivity contribution in [3.8, 4) is 5.75 Å². The van der Waals surface area contributed by atoms with Crippen LogP contribution in [0.3, 0.4) is 0 Å². The molecule has 0 bridgehead atoms. The summed E-state index contributed by atoms with van der Waals surface area (Å²) in [5.74, 6) is -0.513. The molecular formula is C18H16ClN3O3S. The van der Waals surface area contributed by atoms with Crippen LogP contribution in [0.1, 0.15) is 5.56 Å². The minimum Gasteiger partial charge on any atom is -0.482 e. The van der Waals surface area contributed by atoms with E-state index >= 15 is 0 Å². The van der Waals surface area contributed by atoms with Gasteiger partial charge in [-0.15, -0.1) is 0 Å². The van der Waals surface area contributed by atoms with Gasteiger partial charge in [-0.2, -0.15) is 0 Å². The molecule has 2 aromatic carbocycles. The zero-order valence-corrected chi connectivity index (χ0v) is 15.1. The second kappa shape index (κ2) is 10.2. The number of hydrogen-bond acceptors (Lipinski definition) is 4. The first-order valence-corrected chi connectivity index (χ1v) is 8.33. The van der Waals surface area contributed by atoms with Crippen molar-refractivity contribution in [1.29, 1.82) is 0 Å². The van der Waals surface area contributed by atoms with Crippen molar-refractivity contribution in [2.75, 3.05) is 6.61 Å². The summed E-state index contributed by atoms with van der Waals surface area (Å²) in [5, 5.41) is 2.77. The van der Waals surface area contributed by atoms with Gasteiger partial charge >= 0.3 is 0 Å². The molecule has 0 aliphatic rings. The molecule has 0 spiro atoms. The van der Waals surface area contributed by atoms with Crippen LogP contribution in [-0.2, 0) is 9.59 Å². The quantitative estimate of drug-likeness (QED) is 0.416. The first-order valence-electron chi connectivity index (χ1n) is 7.55. The highest BCUT2D eigenvalue weighted by Gasteiger charge is 2.06. The minimum absolute atomic E-state index is 0.0428. The molecule has 2 aromatic rings. The largest absolute Gasteiger partial charge is 0.482 e. The van der Waals surface area contributed by atoms with Gasteiger partial charge < -0.3 is 4.74 Å². The third-order valence-electron chi connectivity index (χ3n) is 2.97. The number of benzene rings is 2. The molecule has 2 amide bonds. The summed E-state index contributed by atoms with van der Waals surface area (Å²) in [7, 11) is 0. The molecular weight excluding hydrogens is 374 g/mol. The molecule has 0 radical (unpaired) electrons. The summed E-state index contributed by atoms with van der Waals surface area (Å²) in [5.41, 5.74) is 5.61. The van der Waals surface area contributed by atoms with Gasteiger partial charge in [0.1, 0.15) is 5.75 Å². The molecule has 6 nitrogen and oxygen atoms in total. The lowest BCUT2D eigenvalue weighted by atomic mass is 10.2. The summed E-state index contributed by atoms with van der Waals surface area (Å²) in [6, 6.07) is 16.1. The molecule has 0 aromatic heterocycles. The number of thiocarbonyl (C=S) groups is 1. The van der Waals surface area contributed by atoms with Gasteiger partial charge in [0.2, 0.25) is 5.91 Å². The Kier molecular flexibility index (Phi) is 7.60. The number of carbonyl (C=O) groups is 2. The summed E-state index contributed by atoms with van der Waals surface area (Å²) in [4.78, 5) is 23.4. The number of para-hydroxylation sites is 1. The van der Waals surface area contributed by atoms with Crippen molar-refractivity contribution in [3.63, 3.8) is 0 Å². The number of rotatable bonds is 5. The Morgan fingerprint density at radius 3 is 2.46 bits per heavy atom. The Balaban J connectivity index is 1.69. The van der Waals surface area contributed by atoms with E-state index in [0.29, 0.717) is 10.8 Å². The maximum Gasteiger partial charge on any atom is 0.276 e. The zero-order chi connectivity index (χ0) is 18.8. The number of ether oxygens (including phenoxy) is 1. The Hall–Kier alpha value is -2.90. The van der Waals surface area contributed by atoms with E-state index in [4.69, 9.17) is 28.6 Å². The Morgan fingerprint density at radius 1 is 1.04 bits per heavy atom. The van der Waals surface area contributed by atoms with Crippen molar-refractivity contribution >= 4 is 46.8 Å². The normalized spacial score (nSPS) is 10.2. The maximum atomic E-state index is 11.7. The van der Waals surface area contributed by atoms with Gasteiger partial charge in [-0.05, 0) is 36.0 Å². The number of amides is 2. The average molecular weight is 390 g/mol. The van der Waals surface area contributed by atoms with E-state index in [1.54, 1.807) is 30.3 Å². The van der Waals surface area contributed by atoms with E-state index in [9.17, 15) is 9.59 Å². The molecule has 8 heteroatoms. The fourth-order valence-corrected chi connectivity index (χ4v) is 2.13. The van der Waals surface area contributed by atoms with E-state index in [1.165, 1.54) is 6.08 Å². The van der Waals surface area contributed by atoms with Crippen LogP contribution in [0.25, 0.3) is 6.08 Å². The van der Waals surface area contributed by atoms with E-state index in [1.807, 2.05) is 30.3 Å². The fourth-order valence-electron chi connectivity index (χ4n) is 1.79. The van der Waals surface area contributed by atoms with Crippen LogP contribution in [0.2, 0.25) is 5.02 Å². The first kappa shape index (κ1) is 19.4. The molecule has 0 saturated carbocycles. The Labute approximate surface area is 161 Å². The summed E-state index contributed by atoms with van der Waals surface area (Å²) in [6.07, 6.45) is 2.99. The monoisotopic (exact) mass is 389 g/mol. The lowest BCUT2D eigenvalue weighted by Crippen LogP contribution is -2.49. The van der Waals surface area contributed by atoms with E-state index in [-0.39, 0.29) is 11.7 Å². The molecule has 0 heterocycles. The van der Waals surface area contributed by atoms with Crippen LogP contribution >= 0.6 is 23.8 Å². The number of carbonyl (C=O) groups excluding carboxylic acids is 2. The van der Waals surface area contributed by atoms with Crippen LogP contribution in [0.5, 0.6) is 5.75 Å².